The van der Waals surface area contributed by atoms with E-state index in [1.54, 1.807) is 17.0 Å². The van der Waals surface area contributed by atoms with E-state index in [1.165, 1.54) is 18.4 Å². The molecule has 2 amide bonds. The van der Waals surface area contributed by atoms with Crippen molar-refractivity contribution in [1.29, 1.82) is 0 Å². The Balaban J connectivity index is 1.44. The van der Waals surface area contributed by atoms with E-state index in [9.17, 15) is 9.59 Å². The Kier molecular flexibility index (Phi) is 6.52. The molecule has 1 aliphatic heterocycles. The first-order valence-electron chi connectivity index (χ1n) is 8.33. The number of ether oxygens (including phenoxy) is 1. The monoisotopic (exact) mass is 430 g/mol. The zero-order chi connectivity index (χ0) is 19.4. The van der Waals surface area contributed by atoms with Gasteiger partial charge in [-0.05, 0) is 31.0 Å². The number of carbonyl (C=O) groups is 2. The molecule has 2 aromatic rings. The van der Waals surface area contributed by atoms with Crippen LogP contribution in [-0.2, 0) is 4.79 Å². The number of furan rings is 1. The van der Waals surface area contributed by atoms with Crippen LogP contribution in [0.15, 0.2) is 34.9 Å². The third-order valence-electron chi connectivity index (χ3n) is 4.21. The highest BCUT2D eigenvalue weighted by Gasteiger charge is 2.25. The Morgan fingerprint density at radius 1 is 1.15 bits per heavy atom. The number of halogens is 3. The van der Waals surface area contributed by atoms with Gasteiger partial charge in [-0.3, -0.25) is 9.59 Å². The standard InChI is InChI=1S/C18H17Cl3N2O4/c19-12-8-14(21)16(9-13(12)20)27-10-17(24)22-11-3-5-23(6-4-11)18(25)15-2-1-7-26-15/h1-2,7-9,11H,3-6,10H2,(H,22,24). The minimum Gasteiger partial charge on any atom is -0.482 e. The van der Waals surface area contributed by atoms with Gasteiger partial charge in [0.05, 0.1) is 21.3 Å². The van der Waals surface area contributed by atoms with Gasteiger partial charge in [-0.2, -0.15) is 0 Å². The SMILES string of the molecule is O=C(COc1cc(Cl)c(Cl)cc1Cl)NC1CCN(C(=O)c2ccco2)CC1. The first-order valence-corrected chi connectivity index (χ1v) is 9.47. The van der Waals surface area contributed by atoms with Gasteiger partial charge in [0.2, 0.25) is 0 Å². The molecule has 0 saturated carbocycles. The third-order valence-corrected chi connectivity index (χ3v) is 5.23. The van der Waals surface area contributed by atoms with Crippen LogP contribution < -0.4 is 10.1 Å². The van der Waals surface area contributed by atoms with Crippen molar-refractivity contribution in [3.05, 3.63) is 51.4 Å². The number of hydrogen-bond acceptors (Lipinski definition) is 4. The van der Waals surface area contributed by atoms with Crippen molar-refractivity contribution in [3.63, 3.8) is 0 Å². The number of nitrogens with one attached hydrogen (secondary N) is 1. The molecule has 1 aromatic heterocycles. The smallest absolute Gasteiger partial charge is 0.289 e. The van der Waals surface area contributed by atoms with Crippen LogP contribution in [0.2, 0.25) is 15.1 Å². The summed E-state index contributed by atoms with van der Waals surface area (Å²) in [4.78, 5) is 26.1. The van der Waals surface area contributed by atoms with Crippen molar-refractivity contribution >= 4 is 46.6 Å². The molecule has 2 heterocycles. The molecule has 27 heavy (non-hydrogen) atoms. The molecule has 0 atom stereocenters. The zero-order valence-electron chi connectivity index (χ0n) is 14.2. The van der Waals surface area contributed by atoms with Crippen molar-refractivity contribution in [2.45, 2.75) is 18.9 Å². The van der Waals surface area contributed by atoms with Crippen LogP contribution in [0.5, 0.6) is 5.75 Å². The highest BCUT2D eigenvalue weighted by molar-refractivity contribution is 6.43. The van der Waals surface area contributed by atoms with E-state index in [-0.39, 0.29) is 29.5 Å². The van der Waals surface area contributed by atoms with Crippen LogP contribution in [0.4, 0.5) is 0 Å². The predicted molar refractivity (Wildman–Crippen MR) is 103 cm³/mol. The summed E-state index contributed by atoms with van der Waals surface area (Å²) in [7, 11) is 0. The molecule has 9 heteroatoms. The minimum absolute atomic E-state index is 0.0222. The minimum atomic E-state index is -0.270. The second-order valence-corrected chi connectivity index (χ2v) is 7.32. The number of hydrogen-bond donors (Lipinski definition) is 1. The molecule has 1 aromatic carbocycles. The fourth-order valence-electron chi connectivity index (χ4n) is 2.81. The van der Waals surface area contributed by atoms with E-state index in [0.29, 0.717) is 47.5 Å². The number of amides is 2. The zero-order valence-corrected chi connectivity index (χ0v) is 16.5. The van der Waals surface area contributed by atoms with Gasteiger partial charge in [0.25, 0.3) is 11.8 Å². The van der Waals surface area contributed by atoms with E-state index in [4.69, 9.17) is 44.0 Å². The van der Waals surface area contributed by atoms with Crippen molar-refractivity contribution in [2.75, 3.05) is 19.7 Å². The maximum absolute atomic E-state index is 12.2. The van der Waals surface area contributed by atoms with Crippen molar-refractivity contribution < 1.29 is 18.7 Å². The summed E-state index contributed by atoms with van der Waals surface area (Å²) in [6, 6.07) is 6.23. The van der Waals surface area contributed by atoms with E-state index < -0.39 is 0 Å². The first-order chi connectivity index (χ1) is 12.9. The Bertz CT molecular complexity index is 818. The maximum Gasteiger partial charge on any atom is 0.289 e. The number of nitrogens with zero attached hydrogens (tertiary/aromatic N) is 1. The van der Waals surface area contributed by atoms with Gasteiger partial charge in [-0.15, -0.1) is 0 Å². The summed E-state index contributed by atoms with van der Waals surface area (Å²) >= 11 is 17.8. The number of carbonyl (C=O) groups excluding carboxylic acids is 2. The van der Waals surface area contributed by atoms with Gasteiger partial charge in [-0.1, -0.05) is 34.8 Å². The van der Waals surface area contributed by atoms with E-state index >= 15 is 0 Å². The van der Waals surface area contributed by atoms with Crippen LogP contribution in [0.3, 0.4) is 0 Å². The molecule has 0 aliphatic carbocycles. The molecule has 1 N–H and O–H groups in total. The Hall–Kier alpha value is -1.89. The van der Waals surface area contributed by atoms with Gasteiger partial charge in [-0.25, -0.2) is 0 Å². The van der Waals surface area contributed by atoms with Crippen molar-refractivity contribution in [2.24, 2.45) is 0 Å². The lowest BCUT2D eigenvalue weighted by Crippen LogP contribution is -2.47. The summed E-state index contributed by atoms with van der Waals surface area (Å²) in [5.74, 6) is 0.208. The molecule has 0 bridgehead atoms. The topological polar surface area (TPSA) is 71.8 Å². The highest BCUT2D eigenvalue weighted by Crippen LogP contribution is 2.33. The van der Waals surface area contributed by atoms with Gasteiger partial charge >= 0.3 is 0 Å². The summed E-state index contributed by atoms with van der Waals surface area (Å²) in [5, 5.41) is 3.79. The van der Waals surface area contributed by atoms with Crippen molar-refractivity contribution in [3.8, 4) is 5.75 Å². The molecular formula is C18H17Cl3N2O4. The fraction of sp³-hybridized carbons (Fsp3) is 0.333. The predicted octanol–water partition coefficient (Wildman–Crippen LogP) is 4.04. The molecule has 144 valence electrons. The second-order valence-electron chi connectivity index (χ2n) is 6.10. The molecule has 0 unspecified atom stereocenters. The number of likely N-dealkylation sites (tertiary alicyclic amines) is 1. The van der Waals surface area contributed by atoms with Gasteiger partial charge in [0.1, 0.15) is 5.75 Å². The Morgan fingerprint density at radius 2 is 1.85 bits per heavy atom. The molecule has 1 aliphatic rings. The van der Waals surface area contributed by atoms with E-state index in [2.05, 4.69) is 5.32 Å². The molecule has 6 nitrogen and oxygen atoms in total. The summed E-state index contributed by atoms with van der Waals surface area (Å²) in [5.41, 5.74) is 0. The second kappa shape index (κ2) is 8.87. The highest BCUT2D eigenvalue weighted by atomic mass is 35.5. The third kappa shape index (κ3) is 5.09. The number of piperidine rings is 1. The molecule has 0 radical (unpaired) electrons. The normalized spacial score (nSPS) is 14.9. The lowest BCUT2D eigenvalue weighted by atomic mass is 10.0. The maximum atomic E-state index is 12.2. The van der Waals surface area contributed by atoms with Gasteiger partial charge < -0.3 is 19.4 Å². The summed E-state index contributed by atoms with van der Waals surface area (Å²) in [6.45, 7) is 0.900. The quantitative estimate of drug-likeness (QED) is 0.725. The van der Waals surface area contributed by atoms with Crippen LogP contribution in [0.25, 0.3) is 0 Å². The van der Waals surface area contributed by atoms with Crippen LogP contribution in [0.1, 0.15) is 23.4 Å². The largest absolute Gasteiger partial charge is 0.482 e. The summed E-state index contributed by atoms with van der Waals surface area (Å²) in [6.07, 6.45) is 2.79. The molecule has 1 fully saturated rings. The average molecular weight is 432 g/mol. The van der Waals surface area contributed by atoms with Gasteiger partial charge in [0, 0.05) is 25.2 Å². The first kappa shape index (κ1) is 19.9. The molecule has 3 rings (SSSR count). The van der Waals surface area contributed by atoms with Crippen LogP contribution in [0, 0.1) is 0 Å². The van der Waals surface area contributed by atoms with Crippen LogP contribution in [-0.4, -0.2) is 42.5 Å². The van der Waals surface area contributed by atoms with Gasteiger partial charge in [0.15, 0.2) is 12.4 Å². The number of rotatable bonds is 5. The van der Waals surface area contributed by atoms with Crippen molar-refractivity contribution in [1.82, 2.24) is 10.2 Å². The summed E-state index contributed by atoms with van der Waals surface area (Å²) < 4.78 is 10.6. The lowest BCUT2D eigenvalue weighted by Gasteiger charge is -2.31. The van der Waals surface area contributed by atoms with Crippen LogP contribution >= 0.6 is 34.8 Å². The Morgan fingerprint density at radius 3 is 2.52 bits per heavy atom. The van der Waals surface area contributed by atoms with E-state index in [0.717, 1.165) is 0 Å². The molecule has 0 spiro atoms. The molecule has 1 saturated heterocycles. The Labute approximate surface area is 171 Å². The molecular weight excluding hydrogens is 415 g/mol. The average Bonchev–Trinajstić information content (AvgIpc) is 3.18. The lowest BCUT2D eigenvalue weighted by molar-refractivity contribution is -0.124. The van der Waals surface area contributed by atoms with E-state index in [1.807, 2.05) is 0 Å². The fourth-order valence-corrected chi connectivity index (χ4v) is 3.40. The number of benzene rings is 1.